The molecule has 1 saturated carbocycles. The Morgan fingerprint density at radius 1 is 1.19 bits per heavy atom. The molecule has 27 heavy (non-hydrogen) atoms. The number of unbranched alkanes of at least 4 members (excludes halogenated alkanes) is 1. The summed E-state index contributed by atoms with van der Waals surface area (Å²) in [6.45, 7) is 0.0181. The molecule has 1 heterocycles. The van der Waals surface area contributed by atoms with Crippen molar-refractivity contribution in [2.75, 3.05) is 6.61 Å². The molecule has 1 aromatic carbocycles. The number of thioether (sulfide) groups is 1. The number of hydrogen-bond donors (Lipinski definition) is 2. The molecule has 0 bridgehead atoms. The predicted molar refractivity (Wildman–Crippen MR) is 101 cm³/mol. The molecule has 0 spiro atoms. The quantitative estimate of drug-likeness (QED) is 0.659. The van der Waals surface area contributed by atoms with E-state index >= 15 is 0 Å². The maximum absolute atomic E-state index is 12.8. The zero-order valence-electron chi connectivity index (χ0n) is 14.6. The first-order chi connectivity index (χ1) is 12.9. The number of benzene rings is 1. The van der Waals surface area contributed by atoms with Crippen molar-refractivity contribution >= 4 is 17.3 Å². The SMILES string of the molecule is O=c1[nH]c(C(=CCCCO)c2ccc(SC3CC3)cc2)ccc1C(F)(F)F. The number of hydrogen-bond acceptors (Lipinski definition) is 3. The van der Waals surface area contributed by atoms with Crippen LogP contribution in [-0.4, -0.2) is 21.9 Å². The van der Waals surface area contributed by atoms with Crippen LogP contribution in [0.15, 0.2) is 52.2 Å². The lowest BCUT2D eigenvalue weighted by molar-refractivity contribution is -0.138. The Labute approximate surface area is 159 Å². The third-order valence-electron chi connectivity index (χ3n) is 4.21. The number of pyridine rings is 1. The summed E-state index contributed by atoms with van der Waals surface area (Å²) < 4.78 is 38.5. The second-order valence-electron chi connectivity index (χ2n) is 6.44. The second kappa shape index (κ2) is 8.35. The van der Waals surface area contributed by atoms with Crippen LogP contribution in [0.3, 0.4) is 0 Å². The number of H-pyrrole nitrogens is 1. The number of aliphatic hydroxyl groups excluding tert-OH is 1. The Balaban J connectivity index is 1.92. The maximum atomic E-state index is 12.8. The highest BCUT2D eigenvalue weighted by Crippen LogP contribution is 2.39. The van der Waals surface area contributed by atoms with E-state index in [1.165, 1.54) is 18.9 Å². The Bertz CT molecular complexity index is 868. The highest BCUT2D eigenvalue weighted by atomic mass is 32.2. The van der Waals surface area contributed by atoms with Gasteiger partial charge in [0.2, 0.25) is 0 Å². The summed E-state index contributed by atoms with van der Waals surface area (Å²) in [4.78, 5) is 15.4. The summed E-state index contributed by atoms with van der Waals surface area (Å²) in [6, 6.07) is 9.88. The standard InChI is InChI=1S/C20H20F3NO2S/c21-20(22,23)17-10-11-18(24-19(17)26)16(3-1-2-12-25)13-4-6-14(7-5-13)27-15-8-9-15/h3-7,10-11,15,25H,1-2,8-9,12H2,(H,24,26). The van der Waals surface area contributed by atoms with Crippen molar-refractivity contribution in [1.82, 2.24) is 4.98 Å². The van der Waals surface area contributed by atoms with Gasteiger partial charge in [-0.2, -0.15) is 13.2 Å². The second-order valence-corrected chi connectivity index (χ2v) is 7.81. The zero-order valence-corrected chi connectivity index (χ0v) is 15.4. The summed E-state index contributed by atoms with van der Waals surface area (Å²) >= 11 is 1.82. The van der Waals surface area contributed by atoms with E-state index in [-0.39, 0.29) is 6.61 Å². The van der Waals surface area contributed by atoms with Crippen LogP contribution < -0.4 is 5.56 Å². The van der Waals surface area contributed by atoms with Crippen molar-refractivity contribution in [3.63, 3.8) is 0 Å². The van der Waals surface area contributed by atoms with E-state index in [1.54, 1.807) is 0 Å². The molecule has 2 N–H and O–H groups in total. The number of alkyl halides is 3. The van der Waals surface area contributed by atoms with Gasteiger partial charge in [-0.05, 0) is 55.5 Å². The summed E-state index contributed by atoms with van der Waals surface area (Å²) in [5.41, 5.74) is -0.583. The number of aromatic amines is 1. The van der Waals surface area contributed by atoms with Gasteiger partial charge in [0, 0.05) is 28.0 Å². The van der Waals surface area contributed by atoms with Crippen LogP contribution in [-0.2, 0) is 6.18 Å². The number of halogens is 3. The fourth-order valence-corrected chi connectivity index (χ4v) is 3.72. The van der Waals surface area contributed by atoms with Gasteiger partial charge in [0.1, 0.15) is 5.56 Å². The van der Waals surface area contributed by atoms with E-state index in [0.29, 0.717) is 29.4 Å². The lowest BCUT2D eigenvalue weighted by atomic mass is 10.00. The molecule has 1 aliphatic rings. The molecule has 7 heteroatoms. The number of nitrogens with one attached hydrogen (secondary N) is 1. The van der Waals surface area contributed by atoms with Crippen LogP contribution in [0.4, 0.5) is 13.2 Å². The van der Waals surface area contributed by atoms with E-state index in [0.717, 1.165) is 16.5 Å². The van der Waals surface area contributed by atoms with Crippen LogP contribution in [0, 0.1) is 0 Å². The Morgan fingerprint density at radius 2 is 1.89 bits per heavy atom. The first-order valence-corrected chi connectivity index (χ1v) is 9.65. The Kier molecular flexibility index (Phi) is 6.11. The van der Waals surface area contributed by atoms with Crippen LogP contribution >= 0.6 is 11.8 Å². The molecule has 1 aromatic heterocycles. The summed E-state index contributed by atoms with van der Waals surface area (Å²) in [5, 5.41) is 9.68. The number of allylic oxidation sites excluding steroid dienone is 1. The third-order valence-corrected chi connectivity index (χ3v) is 5.56. The fourth-order valence-electron chi connectivity index (χ4n) is 2.67. The van der Waals surface area contributed by atoms with E-state index in [9.17, 15) is 18.0 Å². The highest BCUT2D eigenvalue weighted by Gasteiger charge is 2.33. The van der Waals surface area contributed by atoms with Gasteiger partial charge in [-0.25, -0.2) is 0 Å². The zero-order chi connectivity index (χ0) is 19.4. The molecular formula is C20H20F3NO2S. The van der Waals surface area contributed by atoms with Gasteiger partial charge < -0.3 is 10.1 Å². The lowest BCUT2D eigenvalue weighted by Crippen LogP contribution is -2.22. The minimum absolute atomic E-state index is 0.0181. The number of aliphatic hydroxyl groups is 1. The molecule has 0 atom stereocenters. The van der Waals surface area contributed by atoms with Crippen molar-refractivity contribution in [1.29, 1.82) is 0 Å². The van der Waals surface area contributed by atoms with Crippen molar-refractivity contribution in [3.05, 3.63) is 69.6 Å². The minimum atomic E-state index is -4.69. The molecule has 1 fully saturated rings. The van der Waals surface area contributed by atoms with Crippen LogP contribution in [0.1, 0.15) is 42.5 Å². The van der Waals surface area contributed by atoms with Gasteiger partial charge in [0.15, 0.2) is 0 Å². The lowest BCUT2D eigenvalue weighted by Gasteiger charge is -2.12. The topological polar surface area (TPSA) is 53.1 Å². The largest absolute Gasteiger partial charge is 0.421 e. The summed E-state index contributed by atoms with van der Waals surface area (Å²) in [6.07, 6.45) is 0.681. The van der Waals surface area contributed by atoms with Gasteiger partial charge in [0.25, 0.3) is 5.56 Å². The van der Waals surface area contributed by atoms with Crippen molar-refractivity contribution in [2.24, 2.45) is 0 Å². The molecule has 0 saturated heterocycles. The monoisotopic (exact) mass is 395 g/mol. The van der Waals surface area contributed by atoms with E-state index in [4.69, 9.17) is 5.11 Å². The average molecular weight is 395 g/mol. The van der Waals surface area contributed by atoms with Crippen molar-refractivity contribution in [2.45, 2.75) is 42.0 Å². The third kappa shape index (κ3) is 5.26. The first-order valence-electron chi connectivity index (χ1n) is 8.77. The van der Waals surface area contributed by atoms with Gasteiger partial charge in [-0.15, -0.1) is 11.8 Å². The van der Waals surface area contributed by atoms with Crippen molar-refractivity contribution < 1.29 is 18.3 Å². The smallest absolute Gasteiger partial charge is 0.396 e. The molecule has 3 rings (SSSR count). The molecular weight excluding hydrogens is 375 g/mol. The van der Waals surface area contributed by atoms with Gasteiger partial charge in [-0.1, -0.05) is 18.2 Å². The molecule has 2 aromatic rings. The van der Waals surface area contributed by atoms with Crippen LogP contribution in [0.2, 0.25) is 0 Å². The molecule has 0 radical (unpaired) electrons. The minimum Gasteiger partial charge on any atom is -0.396 e. The first kappa shape index (κ1) is 19.8. The van der Waals surface area contributed by atoms with Crippen LogP contribution in [0.5, 0.6) is 0 Å². The molecule has 0 amide bonds. The molecule has 1 aliphatic carbocycles. The van der Waals surface area contributed by atoms with E-state index in [1.807, 2.05) is 42.1 Å². The number of aromatic nitrogens is 1. The molecule has 144 valence electrons. The predicted octanol–water partition coefficient (Wildman–Crippen LogP) is 4.85. The molecule has 3 nitrogen and oxygen atoms in total. The highest BCUT2D eigenvalue weighted by molar-refractivity contribution is 8.00. The average Bonchev–Trinajstić information content (AvgIpc) is 3.43. The Morgan fingerprint density at radius 3 is 2.44 bits per heavy atom. The van der Waals surface area contributed by atoms with Gasteiger partial charge in [-0.3, -0.25) is 4.79 Å². The van der Waals surface area contributed by atoms with Crippen LogP contribution in [0.25, 0.3) is 5.57 Å². The molecule has 0 unspecified atom stereocenters. The van der Waals surface area contributed by atoms with E-state index < -0.39 is 17.3 Å². The number of rotatable bonds is 7. The normalized spacial score (nSPS) is 15.2. The van der Waals surface area contributed by atoms with Crippen molar-refractivity contribution in [3.8, 4) is 0 Å². The fraction of sp³-hybridized carbons (Fsp3) is 0.350. The summed E-state index contributed by atoms with van der Waals surface area (Å²) in [5.74, 6) is 0. The van der Waals surface area contributed by atoms with E-state index in [2.05, 4.69) is 4.98 Å². The van der Waals surface area contributed by atoms with Gasteiger partial charge >= 0.3 is 6.18 Å². The Hall–Kier alpha value is -1.99. The molecule has 0 aliphatic heterocycles. The maximum Gasteiger partial charge on any atom is 0.421 e. The summed E-state index contributed by atoms with van der Waals surface area (Å²) in [7, 11) is 0. The van der Waals surface area contributed by atoms with Gasteiger partial charge in [0.05, 0.1) is 0 Å².